The lowest BCUT2D eigenvalue weighted by atomic mass is 10.3. The average molecular weight is 335 g/mol. The Morgan fingerprint density at radius 3 is 2.68 bits per heavy atom. The van der Waals surface area contributed by atoms with Crippen molar-refractivity contribution in [1.82, 2.24) is 15.0 Å². The van der Waals surface area contributed by atoms with Gasteiger partial charge in [-0.25, -0.2) is 9.97 Å². The Morgan fingerprint density at radius 1 is 1.12 bits per heavy atom. The molecule has 1 amide bonds. The van der Waals surface area contributed by atoms with E-state index in [1.54, 1.807) is 18.5 Å². The lowest BCUT2D eigenvalue weighted by Crippen LogP contribution is -2.17. The van der Waals surface area contributed by atoms with Gasteiger partial charge in [0.05, 0.1) is 30.1 Å². The van der Waals surface area contributed by atoms with Gasteiger partial charge in [0.25, 0.3) is 0 Å². The largest absolute Gasteiger partial charge is 0.369 e. The van der Waals surface area contributed by atoms with Crippen molar-refractivity contribution in [3.8, 4) is 0 Å². The molecule has 0 fully saturated rings. The number of para-hydroxylation sites is 1. The Morgan fingerprint density at radius 2 is 1.92 bits per heavy atom. The number of hydrogen-bond donors (Lipinski definition) is 1. The maximum Gasteiger partial charge on any atom is 0.225 e. The number of nitrogens with zero attached hydrogens (tertiary/aromatic N) is 4. The zero-order valence-electron chi connectivity index (χ0n) is 14.4. The molecule has 128 valence electrons. The molecule has 25 heavy (non-hydrogen) atoms. The molecule has 0 unspecified atom stereocenters. The Kier molecular flexibility index (Phi) is 5.18. The highest BCUT2D eigenvalue weighted by atomic mass is 16.1. The van der Waals surface area contributed by atoms with Gasteiger partial charge in [0.1, 0.15) is 11.3 Å². The maximum atomic E-state index is 11.7. The van der Waals surface area contributed by atoms with Crippen LogP contribution >= 0.6 is 0 Å². The molecule has 0 saturated carbocycles. The number of rotatable bonds is 6. The molecule has 0 aliphatic rings. The molecule has 2 heterocycles. The normalized spacial score (nSPS) is 10.6. The number of aromatic nitrogens is 3. The third-order valence-electron chi connectivity index (χ3n) is 3.82. The van der Waals surface area contributed by atoms with Gasteiger partial charge in [-0.05, 0) is 18.6 Å². The van der Waals surface area contributed by atoms with Gasteiger partial charge in [-0.1, -0.05) is 25.1 Å². The molecule has 1 aromatic carbocycles. The van der Waals surface area contributed by atoms with Crippen LogP contribution in [0.1, 0.15) is 25.5 Å². The third-order valence-corrected chi connectivity index (χ3v) is 3.82. The van der Waals surface area contributed by atoms with Gasteiger partial charge in [-0.2, -0.15) is 0 Å². The third kappa shape index (κ3) is 4.29. The second kappa shape index (κ2) is 7.70. The molecule has 0 radical (unpaired) electrons. The topological polar surface area (TPSA) is 71.0 Å². The van der Waals surface area contributed by atoms with Crippen molar-refractivity contribution < 1.29 is 4.79 Å². The fourth-order valence-corrected chi connectivity index (χ4v) is 2.55. The highest BCUT2D eigenvalue weighted by Crippen LogP contribution is 2.16. The lowest BCUT2D eigenvalue weighted by molar-refractivity contribution is -0.116. The lowest BCUT2D eigenvalue weighted by Gasteiger charge is -2.18. The SMILES string of the molecule is CCCC(=O)Nc1cc2ncc(CN(C)c3ccccc3)nc2cn1. The van der Waals surface area contributed by atoms with Crippen LogP contribution < -0.4 is 10.2 Å². The van der Waals surface area contributed by atoms with Crippen LogP contribution in [-0.2, 0) is 11.3 Å². The van der Waals surface area contributed by atoms with E-state index in [2.05, 4.69) is 37.3 Å². The van der Waals surface area contributed by atoms with Gasteiger partial charge < -0.3 is 10.2 Å². The Hall–Kier alpha value is -3.02. The predicted molar refractivity (Wildman–Crippen MR) is 99.4 cm³/mol. The molecular weight excluding hydrogens is 314 g/mol. The minimum Gasteiger partial charge on any atom is -0.369 e. The molecule has 6 heteroatoms. The zero-order chi connectivity index (χ0) is 17.6. The first kappa shape index (κ1) is 16.8. The number of fused-ring (bicyclic) bond motifs is 1. The summed E-state index contributed by atoms with van der Waals surface area (Å²) in [5.74, 6) is 0.470. The van der Waals surface area contributed by atoms with Gasteiger partial charge in [0.2, 0.25) is 5.91 Å². The number of nitrogens with one attached hydrogen (secondary N) is 1. The zero-order valence-corrected chi connectivity index (χ0v) is 14.4. The summed E-state index contributed by atoms with van der Waals surface area (Å²) in [5, 5.41) is 2.78. The van der Waals surface area contributed by atoms with Crippen LogP contribution in [0.2, 0.25) is 0 Å². The number of amides is 1. The number of anilines is 2. The van der Waals surface area contributed by atoms with E-state index >= 15 is 0 Å². The molecule has 0 aliphatic carbocycles. The quantitative estimate of drug-likeness (QED) is 0.747. The van der Waals surface area contributed by atoms with E-state index in [1.165, 1.54) is 0 Å². The Balaban J connectivity index is 1.75. The number of pyridine rings is 1. The number of hydrogen-bond acceptors (Lipinski definition) is 5. The van der Waals surface area contributed by atoms with Crippen LogP contribution in [0.15, 0.2) is 48.8 Å². The highest BCUT2D eigenvalue weighted by molar-refractivity contribution is 5.91. The summed E-state index contributed by atoms with van der Waals surface area (Å²) in [4.78, 5) is 27.1. The van der Waals surface area contributed by atoms with Crippen molar-refractivity contribution >= 4 is 28.4 Å². The van der Waals surface area contributed by atoms with Crippen LogP contribution in [0.3, 0.4) is 0 Å². The van der Waals surface area contributed by atoms with Crippen LogP contribution in [-0.4, -0.2) is 27.9 Å². The van der Waals surface area contributed by atoms with Gasteiger partial charge in [-0.3, -0.25) is 9.78 Å². The first-order valence-corrected chi connectivity index (χ1v) is 8.33. The van der Waals surface area contributed by atoms with E-state index in [0.717, 1.165) is 17.8 Å². The van der Waals surface area contributed by atoms with Crippen molar-refractivity contribution in [2.75, 3.05) is 17.3 Å². The number of carbonyl (C=O) groups is 1. The molecule has 0 bridgehead atoms. The molecule has 0 spiro atoms. The summed E-state index contributed by atoms with van der Waals surface area (Å²) < 4.78 is 0. The monoisotopic (exact) mass is 335 g/mol. The molecule has 2 aromatic heterocycles. The average Bonchev–Trinajstić information content (AvgIpc) is 2.62. The highest BCUT2D eigenvalue weighted by Gasteiger charge is 2.07. The van der Waals surface area contributed by atoms with Crippen molar-refractivity contribution in [2.24, 2.45) is 0 Å². The molecule has 0 saturated heterocycles. The molecule has 0 aliphatic heterocycles. The molecule has 0 atom stereocenters. The smallest absolute Gasteiger partial charge is 0.225 e. The predicted octanol–water partition coefficient (Wildman–Crippen LogP) is 3.40. The van der Waals surface area contributed by atoms with Crippen molar-refractivity contribution in [2.45, 2.75) is 26.3 Å². The van der Waals surface area contributed by atoms with Crippen LogP contribution in [0.25, 0.3) is 11.0 Å². The van der Waals surface area contributed by atoms with Crippen molar-refractivity contribution in [1.29, 1.82) is 0 Å². The maximum absolute atomic E-state index is 11.7. The standard InChI is InChI=1S/C19H21N5O/c1-3-7-19(25)23-18-10-16-17(12-21-18)22-14(11-20-16)13-24(2)15-8-5-4-6-9-15/h4-6,8-12H,3,7,13H2,1-2H3,(H,21,23,25). The fraction of sp³-hybridized carbons (Fsp3) is 0.263. The molecule has 1 N–H and O–H groups in total. The number of carbonyl (C=O) groups excluding carboxylic acids is 1. The van der Waals surface area contributed by atoms with Gasteiger partial charge in [0, 0.05) is 25.2 Å². The summed E-state index contributed by atoms with van der Waals surface area (Å²) in [6.45, 7) is 2.62. The van der Waals surface area contributed by atoms with Crippen molar-refractivity contribution in [3.05, 3.63) is 54.5 Å². The van der Waals surface area contributed by atoms with E-state index in [1.807, 2.05) is 32.2 Å². The summed E-state index contributed by atoms with van der Waals surface area (Å²) in [5.41, 5.74) is 3.42. The molecule has 6 nitrogen and oxygen atoms in total. The van der Waals surface area contributed by atoms with E-state index in [0.29, 0.717) is 29.8 Å². The fourth-order valence-electron chi connectivity index (χ4n) is 2.55. The van der Waals surface area contributed by atoms with Gasteiger partial charge in [0.15, 0.2) is 0 Å². The Labute approximate surface area is 146 Å². The Bertz CT molecular complexity index is 866. The van der Waals surface area contributed by atoms with E-state index in [4.69, 9.17) is 0 Å². The van der Waals surface area contributed by atoms with Gasteiger partial charge in [-0.15, -0.1) is 0 Å². The van der Waals surface area contributed by atoms with Crippen LogP contribution in [0.5, 0.6) is 0 Å². The van der Waals surface area contributed by atoms with Gasteiger partial charge >= 0.3 is 0 Å². The van der Waals surface area contributed by atoms with Crippen molar-refractivity contribution in [3.63, 3.8) is 0 Å². The summed E-state index contributed by atoms with van der Waals surface area (Å²) >= 11 is 0. The number of benzene rings is 1. The van der Waals surface area contributed by atoms with Crippen LogP contribution in [0, 0.1) is 0 Å². The molecule has 3 rings (SSSR count). The second-order valence-electron chi connectivity index (χ2n) is 5.91. The first-order chi connectivity index (χ1) is 12.2. The van der Waals surface area contributed by atoms with E-state index < -0.39 is 0 Å². The molecule has 3 aromatic rings. The summed E-state index contributed by atoms with van der Waals surface area (Å²) in [6.07, 6.45) is 4.70. The van der Waals surface area contributed by atoms with E-state index in [9.17, 15) is 4.79 Å². The minimum absolute atomic E-state index is 0.0385. The summed E-state index contributed by atoms with van der Waals surface area (Å²) in [7, 11) is 2.02. The summed E-state index contributed by atoms with van der Waals surface area (Å²) in [6, 6.07) is 11.9. The minimum atomic E-state index is -0.0385. The van der Waals surface area contributed by atoms with Crippen LogP contribution in [0.4, 0.5) is 11.5 Å². The van der Waals surface area contributed by atoms with E-state index in [-0.39, 0.29) is 5.91 Å². The first-order valence-electron chi connectivity index (χ1n) is 8.33. The second-order valence-corrected chi connectivity index (χ2v) is 5.91. The molecular formula is C19H21N5O.